The predicted molar refractivity (Wildman–Crippen MR) is 319 cm³/mol. The normalized spacial score (nSPS) is 14.5. The first-order chi connectivity index (χ1) is 39.9. The number of hydrogen-bond acceptors (Lipinski definition) is 23. The Hall–Kier alpha value is -5.96. The van der Waals surface area contributed by atoms with Gasteiger partial charge in [-0.05, 0) is 111 Å². The van der Waals surface area contributed by atoms with Gasteiger partial charge in [-0.3, -0.25) is 39.4 Å². The average molecular weight is 1230 g/mol. The molecule has 25 nitrogen and oxygen atoms in total. The molecule has 0 radical (unpaired) electrons. The fraction of sp³-hybridized carbons (Fsp3) is 0.738. The monoisotopic (exact) mass is 1230 g/mol. The Morgan fingerprint density at radius 2 is 0.942 bits per heavy atom. The van der Waals surface area contributed by atoms with Gasteiger partial charge >= 0.3 is 23.9 Å². The minimum atomic E-state index is -0.733. The zero-order chi connectivity index (χ0) is 62.8. The highest BCUT2D eigenvalue weighted by Gasteiger charge is 2.37. The lowest BCUT2D eigenvalue weighted by Gasteiger charge is -2.28. The number of aliphatic hydroxyl groups is 1. The van der Waals surface area contributed by atoms with Crippen molar-refractivity contribution in [3.8, 4) is 23.0 Å². The lowest BCUT2D eigenvalue weighted by molar-refractivity contribution is -0.386. The fourth-order valence-corrected chi connectivity index (χ4v) is 8.41. The van der Waals surface area contributed by atoms with Crippen LogP contribution in [0.3, 0.4) is 0 Å². The zero-order valence-corrected chi connectivity index (χ0v) is 51.6. The molecule has 1 N–H and O–H groups in total. The molecule has 2 aromatic carbocycles. The van der Waals surface area contributed by atoms with Crippen LogP contribution >= 0.6 is 0 Å². The van der Waals surface area contributed by atoms with Gasteiger partial charge in [-0.1, -0.05) is 41.5 Å². The van der Waals surface area contributed by atoms with Crippen molar-refractivity contribution in [1.29, 1.82) is 0 Å². The summed E-state index contributed by atoms with van der Waals surface area (Å²) in [7, 11) is 5.94. The van der Waals surface area contributed by atoms with Crippen molar-refractivity contribution in [3.05, 3.63) is 55.6 Å². The molecule has 3 atom stereocenters. The number of benzene rings is 2. The molecule has 86 heavy (non-hydrogen) atoms. The van der Waals surface area contributed by atoms with E-state index in [-0.39, 0.29) is 152 Å². The molecule has 2 aromatic rings. The Morgan fingerprint density at radius 1 is 0.547 bits per heavy atom. The first-order valence-corrected chi connectivity index (χ1v) is 28.5. The van der Waals surface area contributed by atoms with Crippen molar-refractivity contribution in [1.82, 2.24) is 0 Å². The first-order valence-electron chi connectivity index (χ1n) is 28.5. The molecule has 0 aliphatic carbocycles. The van der Waals surface area contributed by atoms with E-state index in [1.54, 1.807) is 28.1 Å². The van der Waals surface area contributed by atoms with Gasteiger partial charge < -0.3 is 71.4 Å². The van der Waals surface area contributed by atoms with Crippen LogP contribution in [0.5, 0.6) is 23.0 Å². The molecular formula is C61H102N2O23. The van der Waals surface area contributed by atoms with Crippen molar-refractivity contribution < 1.29 is 100 Å². The summed E-state index contributed by atoms with van der Waals surface area (Å²) in [6, 6.07) is 5.40. The maximum atomic E-state index is 12.7. The molecule has 1 fully saturated rings. The van der Waals surface area contributed by atoms with Crippen LogP contribution in [0.4, 0.5) is 11.4 Å². The minimum absolute atomic E-state index is 0. The van der Waals surface area contributed by atoms with Gasteiger partial charge in [0.05, 0.1) is 122 Å². The molecule has 3 unspecified atom stereocenters. The van der Waals surface area contributed by atoms with Crippen LogP contribution in [-0.2, 0) is 79.8 Å². The zero-order valence-electron chi connectivity index (χ0n) is 51.6. The van der Waals surface area contributed by atoms with E-state index in [4.69, 9.17) is 66.3 Å². The van der Waals surface area contributed by atoms with Gasteiger partial charge in [0.1, 0.15) is 39.6 Å². The van der Waals surface area contributed by atoms with Gasteiger partial charge in [-0.15, -0.1) is 0 Å². The lowest BCUT2D eigenvalue weighted by Crippen LogP contribution is -2.32. The van der Waals surface area contributed by atoms with Crippen LogP contribution in [0, 0.1) is 41.9 Å². The quantitative estimate of drug-likeness (QED) is 0.0212. The number of carbonyl (C=O) groups excluding carboxylic acids is 4. The maximum absolute atomic E-state index is 12.7. The second-order valence-electron chi connectivity index (χ2n) is 21.8. The second kappa shape index (κ2) is 42.0. The summed E-state index contributed by atoms with van der Waals surface area (Å²) in [5.74, 6) is -0.273. The number of rotatable bonds is 42. The average Bonchev–Trinajstić information content (AvgIpc) is 3.05. The van der Waals surface area contributed by atoms with Crippen molar-refractivity contribution in [3.63, 3.8) is 0 Å². The molecule has 0 aromatic heterocycles. The van der Waals surface area contributed by atoms with Crippen LogP contribution < -0.4 is 18.9 Å². The van der Waals surface area contributed by atoms with Crippen molar-refractivity contribution >= 4 is 35.3 Å². The molecule has 1 saturated heterocycles. The summed E-state index contributed by atoms with van der Waals surface area (Å²) < 4.78 is 75.4. The minimum Gasteiger partial charge on any atom is -0.493 e. The van der Waals surface area contributed by atoms with E-state index < -0.39 is 38.1 Å². The lowest BCUT2D eigenvalue weighted by atomic mass is 9.79. The number of nitro groups is 2. The van der Waals surface area contributed by atoms with Crippen molar-refractivity contribution in [2.45, 2.75) is 160 Å². The standard InChI is InChI=1S/C32H51NO12.C27H43NO11.2CH4/c1-7-32(4,30(35)44-18-15-38-5)13-10-12-31(2,3)29(34)43-20-17-40-16-19-41-27-22-25(33(36)37)24(21-26(27)39-6)23-45-28-11-8-9-14-42-28;1-7-27(4,25(31)39-14-11-34-5)10-8-9-26(2,3)24(30)38-16-13-36-12-15-37-23-18-21(28(32)33)20(19-29)17-22(23)35-6;;/h21-22,28H,7-20,23H2,1-6H3;17-18,29H,7-16,19H2,1-6H3;2*1H4. The highest BCUT2D eigenvalue weighted by molar-refractivity contribution is 5.78. The third-order valence-electron chi connectivity index (χ3n) is 14.5. The summed E-state index contributed by atoms with van der Waals surface area (Å²) in [6.45, 7) is 17.0. The number of carbonyl (C=O) groups is 4. The first kappa shape index (κ1) is 80.0. The van der Waals surface area contributed by atoms with E-state index in [0.717, 1.165) is 19.3 Å². The summed E-state index contributed by atoms with van der Waals surface area (Å²) in [5, 5.41) is 32.2. The van der Waals surface area contributed by atoms with E-state index in [0.29, 0.717) is 82.5 Å². The Morgan fingerprint density at radius 3 is 1.31 bits per heavy atom. The maximum Gasteiger partial charge on any atom is 0.311 e. The molecule has 494 valence electrons. The van der Waals surface area contributed by atoms with Gasteiger partial charge in [0, 0.05) is 20.8 Å². The SMILES string of the molecule is C.C.CCC(C)(CCCC(C)(C)C(=O)OCCOCCOc1cc([N+](=O)[O-])c(CO)cc1OC)C(=O)OCCOC.CCC(C)(CCCC(C)(C)C(=O)OCCOCCOc1cc([N+](=O)[O-])c(COC2CCCCO2)cc1OC)C(=O)OCCOC. The molecule has 0 spiro atoms. The summed E-state index contributed by atoms with van der Waals surface area (Å²) >= 11 is 0. The van der Waals surface area contributed by atoms with Gasteiger partial charge in [0.25, 0.3) is 11.4 Å². The highest BCUT2D eigenvalue weighted by Crippen LogP contribution is 2.38. The highest BCUT2D eigenvalue weighted by atomic mass is 16.7. The van der Waals surface area contributed by atoms with Crippen LogP contribution in [0.1, 0.15) is 152 Å². The van der Waals surface area contributed by atoms with Gasteiger partial charge in [0.2, 0.25) is 0 Å². The van der Waals surface area contributed by atoms with Gasteiger partial charge in [-0.25, -0.2) is 0 Å². The molecular weight excluding hydrogens is 1130 g/mol. The summed E-state index contributed by atoms with van der Waals surface area (Å²) in [4.78, 5) is 72.1. The van der Waals surface area contributed by atoms with Crippen molar-refractivity contribution in [2.75, 3.05) is 114 Å². The van der Waals surface area contributed by atoms with Crippen LogP contribution in [0.25, 0.3) is 0 Å². The fourth-order valence-electron chi connectivity index (χ4n) is 8.41. The van der Waals surface area contributed by atoms with Crippen LogP contribution in [0.15, 0.2) is 24.3 Å². The van der Waals surface area contributed by atoms with E-state index >= 15 is 0 Å². The molecule has 0 amide bonds. The third-order valence-corrected chi connectivity index (χ3v) is 14.5. The Bertz CT molecular complexity index is 2320. The van der Waals surface area contributed by atoms with E-state index in [2.05, 4.69) is 0 Å². The van der Waals surface area contributed by atoms with Crippen LogP contribution in [0.2, 0.25) is 0 Å². The number of ether oxygens (including phenoxy) is 14. The summed E-state index contributed by atoms with van der Waals surface area (Å²) in [6.07, 6.45) is 7.18. The predicted octanol–water partition coefficient (Wildman–Crippen LogP) is 10.5. The molecule has 1 aliphatic rings. The second-order valence-corrected chi connectivity index (χ2v) is 21.8. The molecule has 0 saturated carbocycles. The molecule has 0 bridgehead atoms. The number of nitrogens with zero attached hydrogens (tertiary/aromatic N) is 2. The van der Waals surface area contributed by atoms with Gasteiger partial charge in [-0.2, -0.15) is 0 Å². The Labute approximate surface area is 509 Å². The Balaban J connectivity index is 0.00000166. The number of aliphatic hydroxyl groups excluding tert-OH is 1. The third kappa shape index (κ3) is 27.8. The van der Waals surface area contributed by atoms with E-state index in [9.17, 15) is 44.5 Å². The molecule has 1 aliphatic heterocycles. The van der Waals surface area contributed by atoms with E-state index in [1.807, 2.05) is 41.5 Å². The van der Waals surface area contributed by atoms with Gasteiger partial charge in [0.15, 0.2) is 29.3 Å². The number of esters is 4. The molecule has 3 rings (SSSR count). The van der Waals surface area contributed by atoms with E-state index in [1.165, 1.54) is 38.5 Å². The number of nitro benzene ring substituents is 2. The van der Waals surface area contributed by atoms with Crippen LogP contribution in [-0.4, -0.2) is 159 Å². The number of hydrogen-bond donors (Lipinski definition) is 1. The number of methoxy groups -OCH3 is 4. The smallest absolute Gasteiger partial charge is 0.311 e. The molecule has 1 heterocycles. The van der Waals surface area contributed by atoms with Crippen molar-refractivity contribution in [2.24, 2.45) is 21.7 Å². The summed E-state index contributed by atoms with van der Waals surface area (Å²) in [5.41, 5.74) is -2.65. The topological polar surface area (TPSA) is 304 Å². The Kier molecular flexibility index (Phi) is 39.1. The largest absolute Gasteiger partial charge is 0.493 e. The molecule has 25 heteroatoms.